The van der Waals surface area contributed by atoms with E-state index in [0.29, 0.717) is 17.5 Å². The fourth-order valence-corrected chi connectivity index (χ4v) is 2.91. The van der Waals surface area contributed by atoms with Gasteiger partial charge in [0.15, 0.2) is 16.7 Å². The van der Waals surface area contributed by atoms with Gasteiger partial charge in [-0.1, -0.05) is 17.8 Å². The predicted octanol–water partition coefficient (Wildman–Crippen LogP) is 1.67. The summed E-state index contributed by atoms with van der Waals surface area (Å²) in [7, 11) is 0. The highest BCUT2D eigenvalue weighted by Crippen LogP contribution is 2.23. The molecule has 0 unspecified atom stereocenters. The lowest BCUT2D eigenvalue weighted by Gasteiger charge is -2.08. The number of nitrogens with one attached hydrogen (secondary N) is 2. The van der Waals surface area contributed by atoms with Crippen LogP contribution in [-0.4, -0.2) is 37.3 Å². The molecule has 0 spiro atoms. The quantitative estimate of drug-likeness (QED) is 0.362. The number of hydrazine groups is 1. The van der Waals surface area contributed by atoms with Crippen molar-refractivity contribution in [1.29, 1.82) is 0 Å². The highest BCUT2D eigenvalue weighted by molar-refractivity contribution is 7.99. The van der Waals surface area contributed by atoms with Crippen LogP contribution in [0.4, 0.5) is 0 Å². The molecule has 2 N–H and O–H groups in total. The van der Waals surface area contributed by atoms with Gasteiger partial charge in [0.1, 0.15) is 0 Å². The molecule has 0 aliphatic heterocycles. The summed E-state index contributed by atoms with van der Waals surface area (Å²) in [6, 6.07) is 6.73. The van der Waals surface area contributed by atoms with Crippen molar-refractivity contribution >= 4 is 23.6 Å². The average molecular weight is 384 g/mol. The smallest absolute Gasteiger partial charge is 0.305 e. The Balaban J connectivity index is 1.60. The van der Waals surface area contributed by atoms with Crippen LogP contribution < -0.4 is 10.9 Å². The molecule has 0 saturated heterocycles. The van der Waals surface area contributed by atoms with E-state index in [2.05, 4.69) is 32.6 Å². The number of hydrogen-bond acceptors (Lipinski definition) is 7. The summed E-state index contributed by atoms with van der Waals surface area (Å²) >= 11 is 1.20. The molecule has 0 fully saturated rings. The summed E-state index contributed by atoms with van der Waals surface area (Å²) in [5, 5.41) is 8.90. The highest BCUT2D eigenvalue weighted by atomic mass is 32.2. The maximum absolute atomic E-state index is 12.0. The van der Waals surface area contributed by atoms with Gasteiger partial charge in [0, 0.05) is 24.5 Å². The van der Waals surface area contributed by atoms with Crippen molar-refractivity contribution in [2.75, 3.05) is 5.75 Å². The second-order valence-corrected chi connectivity index (χ2v) is 6.15. The molecule has 0 aliphatic rings. The lowest BCUT2D eigenvalue weighted by Crippen LogP contribution is -2.42. The first-order valence-corrected chi connectivity index (χ1v) is 8.87. The van der Waals surface area contributed by atoms with Crippen LogP contribution in [0.5, 0.6) is 0 Å². The molecule has 0 aliphatic carbocycles. The molecule has 3 rings (SSSR count). The summed E-state index contributed by atoms with van der Waals surface area (Å²) in [5.41, 5.74) is 5.47. The molecular weight excluding hydrogens is 368 g/mol. The standard InChI is InChI=1S/C17H16N6O3S/c1-2-9-23-15(12-5-7-18-8-6-12)20-22-17(23)27-11-14(24)19-21-16(25)13-4-3-10-26-13/h2-8,10H,1,9,11H2,(H,19,24)(H,21,25). The average Bonchev–Trinajstić information content (AvgIpc) is 3.36. The van der Waals surface area contributed by atoms with Crippen molar-refractivity contribution in [2.24, 2.45) is 0 Å². The van der Waals surface area contributed by atoms with E-state index in [4.69, 9.17) is 4.42 Å². The third-order valence-electron chi connectivity index (χ3n) is 3.36. The summed E-state index contributed by atoms with van der Waals surface area (Å²) < 4.78 is 6.79. The Bertz CT molecular complexity index is 924. The molecule has 0 aromatic carbocycles. The molecule has 9 nitrogen and oxygen atoms in total. The van der Waals surface area contributed by atoms with Crippen molar-refractivity contribution in [2.45, 2.75) is 11.7 Å². The van der Waals surface area contributed by atoms with Crippen LogP contribution >= 0.6 is 11.8 Å². The van der Waals surface area contributed by atoms with Crippen molar-refractivity contribution in [3.05, 3.63) is 61.3 Å². The molecule has 0 atom stereocenters. The molecule has 10 heteroatoms. The monoisotopic (exact) mass is 384 g/mol. The maximum atomic E-state index is 12.0. The summed E-state index contributed by atoms with van der Waals surface area (Å²) in [6.45, 7) is 4.24. The summed E-state index contributed by atoms with van der Waals surface area (Å²) in [4.78, 5) is 27.7. The lowest BCUT2D eigenvalue weighted by molar-refractivity contribution is -0.119. The first-order chi connectivity index (χ1) is 13.2. The topological polar surface area (TPSA) is 115 Å². The molecule has 3 aromatic heterocycles. The SMILES string of the molecule is C=CCn1c(SCC(=O)NNC(=O)c2ccco2)nnc1-c1ccncc1. The molecule has 2 amide bonds. The van der Waals surface area contributed by atoms with Crippen molar-refractivity contribution in [3.63, 3.8) is 0 Å². The first kappa shape index (κ1) is 18.4. The number of pyridine rings is 1. The molecule has 0 bridgehead atoms. The van der Waals surface area contributed by atoms with Gasteiger partial charge in [0.05, 0.1) is 12.0 Å². The van der Waals surface area contributed by atoms with Gasteiger partial charge in [-0.25, -0.2) is 0 Å². The van der Waals surface area contributed by atoms with E-state index in [9.17, 15) is 9.59 Å². The van der Waals surface area contributed by atoms with Crippen LogP contribution in [-0.2, 0) is 11.3 Å². The van der Waals surface area contributed by atoms with Gasteiger partial charge >= 0.3 is 5.91 Å². The fourth-order valence-electron chi connectivity index (χ4n) is 2.17. The van der Waals surface area contributed by atoms with Crippen LogP contribution in [0.25, 0.3) is 11.4 Å². The molecule has 0 saturated carbocycles. The minimum absolute atomic E-state index is 0.0457. The van der Waals surface area contributed by atoms with Crippen LogP contribution in [0.1, 0.15) is 10.6 Å². The van der Waals surface area contributed by atoms with Gasteiger partial charge < -0.3 is 4.42 Å². The Kier molecular flexibility index (Phi) is 6.00. The van der Waals surface area contributed by atoms with Crippen LogP contribution in [0.2, 0.25) is 0 Å². The van der Waals surface area contributed by atoms with Crippen LogP contribution in [0.15, 0.2) is 65.2 Å². The van der Waals surface area contributed by atoms with E-state index < -0.39 is 11.8 Å². The Morgan fingerprint density at radius 1 is 1.22 bits per heavy atom. The van der Waals surface area contributed by atoms with Gasteiger partial charge in [-0.05, 0) is 24.3 Å². The Morgan fingerprint density at radius 3 is 2.74 bits per heavy atom. The predicted molar refractivity (Wildman–Crippen MR) is 98.5 cm³/mol. The van der Waals surface area contributed by atoms with Crippen LogP contribution in [0, 0.1) is 0 Å². The summed E-state index contributed by atoms with van der Waals surface area (Å²) in [6.07, 6.45) is 6.44. The molecule has 3 heterocycles. The van der Waals surface area contributed by atoms with Crippen molar-refractivity contribution in [3.8, 4) is 11.4 Å². The number of nitrogens with zero attached hydrogens (tertiary/aromatic N) is 4. The first-order valence-electron chi connectivity index (χ1n) is 7.89. The molecule has 138 valence electrons. The number of carbonyl (C=O) groups excluding carboxylic acids is 2. The molecular formula is C17H16N6O3S. The zero-order valence-electron chi connectivity index (χ0n) is 14.2. The number of rotatable bonds is 7. The normalized spacial score (nSPS) is 10.4. The van der Waals surface area contributed by atoms with Gasteiger partial charge in [-0.2, -0.15) is 0 Å². The zero-order chi connectivity index (χ0) is 19.1. The highest BCUT2D eigenvalue weighted by Gasteiger charge is 2.15. The largest absolute Gasteiger partial charge is 0.459 e. The number of amides is 2. The zero-order valence-corrected chi connectivity index (χ0v) is 15.0. The fraction of sp³-hybridized carbons (Fsp3) is 0.118. The third kappa shape index (κ3) is 4.61. The number of thioether (sulfide) groups is 1. The van der Waals surface area contributed by atoms with E-state index >= 15 is 0 Å². The molecule has 3 aromatic rings. The summed E-state index contributed by atoms with van der Waals surface area (Å²) in [5.74, 6) is -0.113. The van der Waals surface area contributed by atoms with Crippen molar-refractivity contribution in [1.82, 2.24) is 30.6 Å². The number of carbonyl (C=O) groups is 2. The number of furan rings is 1. The lowest BCUT2D eigenvalue weighted by atomic mass is 10.2. The second kappa shape index (κ2) is 8.81. The maximum Gasteiger partial charge on any atom is 0.305 e. The van der Waals surface area contributed by atoms with Crippen molar-refractivity contribution < 1.29 is 14.0 Å². The molecule has 0 radical (unpaired) electrons. The van der Waals surface area contributed by atoms with Crippen LogP contribution in [0.3, 0.4) is 0 Å². The Morgan fingerprint density at radius 2 is 2.04 bits per heavy atom. The van der Waals surface area contributed by atoms with Gasteiger partial charge in [-0.15, -0.1) is 16.8 Å². The van der Waals surface area contributed by atoms with E-state index in [-0.39, 0.29) is 11.5 Å². The van der Waals surface area contributed by atoms with E-state index in [1.54, 1.807) is 24.5 Å². The minimum Gasteiger partial charge on any atom is -0.459 e. The Labute approximate surface area is 158 Å². The van der Waals surface area contributed by atoms with Gasteiger partial charge in [-0.3, -0.25) is 30.0 Å². The van der Waals surface area contributed by atoms with E-state index in [0.717, 1.165) is 5.56 Å². The number of hydrogen-bond donors (Lipinski definition) is 2. The van der Waals surface area contributed by atoms with Gasteiger partial charge in [0.2, 0.25) is 5.91 Å². The molecule has 27 heavy (non-hydrogen) atoms. The second-order valence-electron chi connectivity index (χ2n) is 5.21. The minimum atomic E-state index is -0.534. The van der Waals surface area contributed by atoms with E-state index in [1.165, 1.54) is 24.1 Å². The van der Waals surface area contributed by atoms with Gasteiger partial charge in [0.25, 0.3) is 0 Å². The third-order valence-corrected chi connectivity index (χ3v) is 4.33. The Hall–Kier alpha value is -3.40. The van der Waals surface area contributed by atoms with E-state index in [1.807, 2.05) is 16.7 Å². The number of aromatic nitrogens is 4. The number of allylic oxidation sites excluding steroid dienone is 1.